The fraction of sp³-hybridized carbons (Fsp3) is 0.579. The van der Waals surface area contributed by atoms with Crippen LogP contribution in [0.15, 0.2) is 24.3 Å². The maximum Gasteiger partial charge on any atom is 0.227 e. The van der Waals surface area contributed by atoms with E-state index in [4.69, 9.17) is 0 Å². The SMILES string of the molecule is C[C@@H]1CN(C(=O)CCCN2C(=O)CCc3ccccc32)C[C@@H](C)N1. The van der Waals surface area contributed by atoms with Crippen LogP contribution in [0.25, 0.3) is 0 Å². The van der Waals surface area contributed by atoms with Crippen molar-refractivity contribution >= 4 is 17.5 Å². The van der Waals surface area contributed by atoms with Gasteiger partial charge in [-0.1, -0.05) is 18.2 Å². The predicted molar refractivity (Wildman–Crippen MR) is 95.0 cm³/mol. The smallest absolute Gasteiger partial charge is 0.227 e. The number of piperazine rings is 1. The molecule has 5 heteroatoms. The molecule has 1 fully saturated rings. The highest BCUT2D eigenvalue weighted by atomic mass is 16.2. The van der Waals surface area contributed by atoms with Crippen molar-refractivity contribution in [2.24, 2.45) is 0 Å². The molecule has 2 amide bonds. The average Bonchev–Trinajstić information content (AvgIpc) is 2.56. The Morgan fingerprint density at radius 1 is 1.17 bits per heavy atom. The summed E-state index contributed by atoms with van der Waals surface area (Å²) in [7, 11) is 0. The van der Waals surface area contributed by atoms with E-state index >= 15 is 0 Å². The van der Waals surface area contributed by atoms with E-state index in [0.29, 0.717) is 37.9 Å². The van der Waals surface area contributed by atoms with Gasteiger partial charge in [-0.2, -0.15) is 0 Å². The first-order chi connectivity index (χ1) is 11.5. The van der Waals surface area contributed by atoms with Gasteiger partial charge in [-0.15, -0.1) is 0 Å². The Balaban J connectivity index is 1.55. The van der Waals surface area contributed by atoms with Gasteiger partial charge in [-0.25, -0.2) is 0 Å². The molecule has 1 aromatic carbocycles. The number of anilines is 1. The van der Waals surface area contributed by atoms with Gasteiger partial charge in [0.25, 0.3) is 0 Å². The Kier molecular flexibility index (Phi) is 5.19. The van der Waals surface area contributed by atoms with Crippen LogP contribution in [0.5, 0.6) is 0 Å². The van der Waals surface area contributed by atoms with Crippen molar-refractivity contribution < 1.29 is 9.59 Å². The van der Waals surface area contributed by atoms with Crippen molar-refractivity contribution in [1.82, 2.24) is 10.2 Å². The number of hydrogen-bond acceptors (Lipinski definition) is 3. The largest absolute Gasteiger partial charge is 0.340 e. The number of carbonyl (C=O) groups is 2. The molecule has 0 spiro atoms. The van der Waals surface area contributed by atoms with Crippen LogP contribution in [0.3, 0.4) is 0 Å². The molecule has 0 radical (unpaired) electrons. The second-order valence-corrected chi connectivity index (χ2v) is 7.05. The first-order valence-corrected chi connectivity index (χ1v) is 8.96. The van der Waals surface area contributed by atoms with Crippen LogP contribution in [-0.2, 0) is 16.0 Å². The molecule has 2 aliphatic heterocycles. The highest BCUT2D eigenvalue weighted by molar-refractivity contribution is 5.96. The minimum atomic E-state index is 0.172. The molecule has 2 heterocycles. The van der Waals surface area contributed by atoms with E-state index in [1.807, 2.05) is 28.0 Å². The number of nitrogens with one attached hydrogen (secondary N) is 1. The Hall–Kier alpha value is -1.88. The van der Waals surface area contributed by atoms with Crippen molar-refractivity contribution in [1.29, 1.82) is 0 Å². The van der Waals surface area contributed by atoms with E-state index in [9.17, 15) is 9.59 Å². The molecule has 3 rings (SSSR count). The Morgan fingerprint density at radius 2 is 1.88 bits per heavy atom. The molecule has 5 nitrogen and oxygen atoms in total. The second-order valence-electron chi connectivity index (χ2n) is 7.05. The molecule has 1 N–H and O–H groups in total. The lowest BCUT2D eigenvalue weighted by Gasteiger charge is -2.36. The van der Waals surface area contributed by atoms with Gasteiger partial charge in [0.2, 0.25) is 11.8 Å². The zero-order valence-corrected chi connectivity index (χ0v) is 14.6. The van der Waals surface area contributed by atoms with E-state index in [0.717, 1.165) is 25.2 Å². The van der Waals surface area contributed by atoms with Gasteiger partial charge in [-0.3, -0.25) is 9.59 Å². The molecule has 0 saturated carbocycles. The normalized spacial score (nSPS) is 24.0. The van der Waals surface area contributed by atoms with Gasteiger partial charge in [0.15, 0.2) is 0 Å². The summed E-state index contributed by atoms with van der Waals surface area (Å²) in [5.41, 5.74) is 2.25. The van der Waals surface area contributed by atoms with Crippen LogP contribution in [0.4, 0.5) is 5.69 Å². The van der Waals surface area contributed by atoms with E-state index < -0.39 is 0 Å². The van der Waals surface area contributed by atoms with Crippen LogP contribution in [0, 0.1) is 0 Å². The molecule has 130 valence electrons. The van der Waals surface area contributed by atoms with Crippen LogP contribution in [-0.4, -0.2) is 48.4 Å². The summed E-state index contributed by atoms with van der Waals surface area (Å²) in [6.45, 7) is 6.39. The first kappa shape index (κ1) is 17.0. The lowest BCUT2D eigenvalue weighted by atomic mass is 10.0. The molecular weight excluding hydrogens is 302 g/mol. The average molecular weight is 329 g/mol. The lowest BCUT2D eigenvalue weighted by Crippen LogP contribution is -2.55. The van der Waals surface area contributed by atoms with Crippen molar-refractivity contribution in [3.05, 3.63) is 29.8 Å². The van der Waals surface area contributed by atoms with Gasteiger partial charge in [0.05, 0.1) is 0 Å². The highest BCUT2D eigenvalue weighted by Crippen LogP contribution is 2.27. The number of hydrogen-bond donors (Lipinski definition) is 1. The molecule has 0 bridgehead atoms. The molecule has 0 unspecified atom stereocenters. The summed E-state index contributed by atoms with van der Waals surface area (Å²) in [4.78, 5) is 28.5. The molecule has 0 aromatic heterocycles. The Bertz CT molecular complexity index is 606. The fourth-order valence-electron chi connectivity index (χ4n) is 3.82. The standard InChI is InChI=1S/C19H27N3O2/c1-14-12-21(13-15(2)20-14)18(23)8-5-11-22-17-7-4-3-6-16(17)9-10-19(22)24/h3-4,6-7,14-15,20H,5,8-13H2,1-2H3/t14-,15-/m1/s1. The molecule has 2 aliphatic rings. The third-order valence-corrected chi connectivity index (χ3v) is 4.87. The topological polar surface area (TPSA) is 52.7 Å². The monoisotopic (exact) mass is 329 g/mol. The number of nitrogens with zero attached hydrogens (tertiary/aromatic N) is 2. The molecule has 2 atom stereocenters. The van der Waals surface area contributed by atoms with Crippen LogP contribution < -0.4 is 10.2 Å². The summed E-state index contributed by atoms with van der Waals surface area (Å²) in [5.74, 6) is 0.374. The number of fused-ring (bicyclic) bond motifs is 1. The third kappa shape index (κ3) is 3.78. The number of para-hydroxylation sites is 1. The maximum atomic E-state index is 12.5. The zero-order chi connectivity index (χ0) is 17.1. The van der Waals surface area contributed by atoms with Gasteiger partial charge < -0.3 is 15.1 Å². The second kappa shape index (κ2) is 7.34. The van der Waals surface area contributed by atoms with E-state index in [1.54, 1.807) is 0 Å². The number of carbonyl (C=O) groups excluding carboxylic acids is 2. The predicted octanol–water partition coefficient (Wildman–Crippen LogP) is 1.95. The van der Waals surface area contributed by atoms with E-state index in [1.165, 1.54) is 5.56 Å². The molecular formula is C19H27N3O2. The summed E-state index contributed by atoms with van der Waals surface area (Å²) in [6.07, 6.45) is 2.61. The van der Waals surface area contributed by atoms with Crippen LogP contribution in [0.2, 0.25) is 0 Å². The number of benzene rings is 1. The van der Waals surface area contributed by atoms with E-state index in [2.05, 4.69) is 25.2 Å². The summed E-state index contributed by atoms with van der Waals surface area (Å²) in [5, 5.41) is 3.44. The lowest BCUT2D eigenvalue weighted by molar-refractivity contribution is -0.133. The van der Waals surface area contributed by atoms with Crippen molar-refractivity contribution in [2.45, 2.75) is 51.6 Å². The summed E-state index contributed by atoms with van der Waals surface area (Å²) in [6, 6.07) is 8.76. The Morgan fingerprint density at radius 3 is 2.62 bits per heavy atom. The minimum absolute atomic E-state index is 0.172. The van der Waals surface area contributed by atoms with Gasteiger partial charge in [0, 0.05) is 50.2 Å². The summed E-state index contributed by atoms with van der Waals surface area (Å²) < 4.78 is 0. The quantitative estimate of drug-likeness (QED) is 0.919. The third-order valence-electron chi connectivity index (χ3n) is 4.87. The molecule has 1 aromatic rings. The number of amides is 2. The van der Waals surface area contributed by atoms with Gasteiger partial charge in [-0.05, 0) is 38.3 Å². The summed E-state index contributed by atoms with van der Waals surface area (Å²) >= 11 is 0. The first-order valence-electron chi connectivity index (χ1n) is 8.96. The van der Waals surface area contributed by atoms with Crippen molar-refractivity contribution in [2.75, 3.05) is 24.5 Å². The maximum absolute atomic E-state index is 12.5. The molecule has 1 saturated heterocycles. The fourth-order valence-corrected chi connectivity index (χ4v) is 3.82. The molecule has 0 aliphatic carbocycles. The zero-order valence-electron chi connectivity index (χ0n) is 14.6. The number of aryl methyl sites for hydroxylation is 1. The van der Waals surface area contributed by atoms with Crippen LogP contribution >= 0.6 is 0 Å². The molecule has 24 heavy (non-hydrogen) atoms. The van der Waals surface area contributed by atoms with Gasteiger partial charge >= 0.3 is 0 Å². The minimum Gasteiger partial charge on any atom is -0.340 e. The highest BCUT2D eigenvalue weighted by Gasteiger charge is 2.26. The van der Waals surface area contributed by atoms with Crippen LogP contribution in [0.1, 0.15) is 38.7 Å². The van der Waals surface area contributed by atoms with Crippen molar-refractivity contribution in [3.8, 4) is 0 Å². The van der Waals surface area contributed by atoms with Crippen molar-refractivity contribution in [3.63, 3.8) is 0 Å². The van der Waals surface area contributed by atoms with E-state index in [-0.39, 0.29) is 11.8 Å². The van der Waals surface area contributed by atoms with Gasteiger partial charge in [0.1, 0.15) is 0 Å². The number of rotatable bonds is 4. The Labute approximate surface area is 144 Å².